The van der Waals surface area contributed by atoms with Crippen LogP contribution in [0.4, 0.5) is 23.2 Å². The third-order valence-corrected chi connectivity index (χ3v) is 4.39. The van der Waals surface area contributed by atoms with Gasteiger partial charge in [-0.1, -0.05) is 18.2 Å². The maximum Gasteiger partial charge on any atom is 0.418 e. The van der Waals surface area contributed by atoms with E-state index in [1.165, 1.54) is 47.3 Å². The van der Waals surface area contributed by atoms with E-state index in [4.69, 9.17) is 0 Å². The van der Waals surface area contributed by atoms with E-state index in [-0.39, 0.29) is 17.9 Å². The molecule has 0 atom stereocenters. The van der Waals surface area contributed by atoms with Gasteiger partial charge in [0, 0.05) is 12.7 Å². The second kappa shape index (κ2) is 8.99. The number of carbonyl (C=O) groups excluding carboxylic acids is 2. The van der Waals surface area contributed by atoms with Crippen LogP contribution in [0.25, 0.3) is 5.69 Å². The number of amides is 2. The molecule has 2 aromatic carbocycles. The first-order valence-electron chi connectivity index (χ1n) is 9.26. The number of hydrogen-bond acceptors (Lipinski definition) is 3. The molecular weight excluding hydrogens is 416 g/mol. The first kappa shape index (κ1) is 22.0. The minimum atomic E-state index is -4.63. The highest BCUT2D eigenvalue weighted by Gasteiger charge is 2.33. The summed E-state index contributed by atoms with van der Waals surface area (Å²) < 4.78 is 54.0. The molecular formula is C21H18F4N4O2. The summed E-state index contributed by atoms with van der Waals surface area (Å²) in [5.41, 5.74) is -0.955. The smallest absolute Gasteiger partial charge is 0.328 e. The third kappa shape index (κ3) is 5.27. The number of para-hydroxylation sites is 1. The van der Waals surface area contributed by atoms with Gasteiger partial charge in [0.1, 0.15) is 12.4 Å². The Labute approximate surface area is 175 Å². The van der Waals surface area contributed by atoms with Crippen LogP contribution in [0.1, 0.15) is 23.0 Å². The van der Waals surface area contributed by atoms with Crippen molar-refractivity contribution < 1.29 is 27.2 Å². The van der Waals surface area contributed by atoms with Gasteiger partial charge < -0.3 is 10.2 Å². The lowest BCUT2D eigenvalue weighted by molar-refractivity contribution is -0.137. The van der Waals surface area contributed by atoms with Crippen LogP contribution >= 0.6 is 0 Å². The number of hydrogen-bond donors (Lipinski definition) is 1. The maximum atomic E-state index is 13.4. The molecule has 0 radical (unpaired) electrons. The summed E-state index contributed by atoms with van der Waals surface area (Å²) in [6.07, 6.45) is -3.16. The molecule has 3 aromatic rings. The molecule has 10 heteroatoms. The van der Waals surface area contributed by atoms with Crippen LogP contribution in [0.3, 0.4) is 0 Å². The van der Waals surface area contributed by atoms with Crippen molar-refractivity contribution in [3.05, 3.63) is 77.9 Å². The zero-order valence-corrected chi connectivity index (χ0v) is 16.4. The lowest BCUT2D eigenvalue weighted by Crippen LogP contribution is -2.38. The van der Waals surface area contributed by atoms with Gasteiger partial charge in [0.05, 0.1) is 16.9 Å². The lowest BCUT2D eigenvalue weighted by atomic mass is 10.1. The highest BCUT2D eigenvalue weighted by atomic mass is 19.4. The van der Waals surface area contributed by atoms with Crippen molar-refractivity contribution in [2.45, 2.75) is 13.1 Å². The van der Waals surface area contributed by atoms with E-state index in [0.717, 1.165) is 17.0 Å². The molecule has 2 amide bonds. The van der Waals surface area contributed by atoms with E-state index in [1.807, 2.05) is 0 Å². The average molecular weight is 434 g/mol. The van der Waals surface area contributed by atoms with Gasteiger partial charge in [-0.25, -0.2) is 9.07 Å². The Morgan fingerprint density at radius 2 is 1.84 bits per heavy atom. The number of halogens is 4. The van der Waals surface area contributed by atoms with Crippen LogP contribution in [0.15, 0.2) is 60.8 Å². The second-order valence-electron chi connectivity index (χ2n) is 6.54. The summed E-state index contributed by atoms with van der Waals surface area (Å²) in [5, 5.41) is 6.31. The third-order valence-electron chi connectivity index (χ3n) is 4.39. The van der Waals surface area contributed by atoms with E-state index in [1.54, 1.807) is 13.0 Å². The summed E-state index contributed by atoms with van der Waals surface area (Å²) in [4.78, 5) is 26.2. The van der Waals surface area contributed by atoms with Crippen LogP contribution < -0.4 is 5.32 Å². The van der Waals surface area contributed by atoms with Gasteiger partial charge in [0.25, 0.3) is 5.91 Å². The van der Waals surface area contributed by atoms with Crippen LogP contribution in [0.5, 0.6) is 0 Å². The van der Waals surface area contributed by atoms with Crippen LogP contribution in [-0.2, 0) is 11.0 Å². The molecule has 0 aliphatic heterocycles. The van der Waals surface area contributed by atoms with Gasteiger partial charge in [0.2, 0.25) is 5.91 Å². The number of aromatic nitrogens is 2. The van der Waals surface area contributed by atoms with E-state index in [0.29, 0.717) is 5.69 Å². The molecule has 0 unspecified atom stereocenters. The molecule has 0 saturated carbocycles. The number of rotatable bonds is 6. The van der Waals surface area contributed by atoms with Gasteiger partial charge in [-0.3, -0.25) is 9.59 Å². The van der Waals surface area contributed by atoms with Crippen LogP contribution in [-0.4, -0.2) is 39.6 Å². The van der Waals surface area contributed by atoms with Crippen molar-refractivity contribution in [3.8, 4) is 5.69 Å². The molecule has 6 nitrogen and oxygen atoms in total. The van der Waals surface area contributed by atoms with Gasteiger partial charge >= 0.3 is 6.18 Å². The van der Waals surface area contributed by atoms with Crippen molar-refractivity contribution in [3.63, 3.8) is 0 Å². The largest absolute Gasteiger partial charge is 0.418 e. The number of carbonyl (C=O) groups is 2. The van der Waals surface area contributed by atoms with E-state index in [2.05, 4.69) is 10.4 Å². The van der Waals surface area contributed by atoms with Gasteiger partial charge in [-0.05, 0) is 43.3 Å². The van der Waals surface area contributed by atoms with Crippen molar-refractivity contribution in [1.82, 2.24) is 14.7 Å². The molecule has 0 bridgehead atoms. The number of nitrogens with one attached hydrogen (secondary N) is 1. The summed E-state index contributed by atoms with van der Waals surface area (Å²) in [6, 6.07) is 11.6. The molecule has 162 valence electrons. The first-order chi connectivity index (χ1) is 14.7. The number of alkyl halides is 3. The fourth-order valence-corrected chi connectivity index (χ4v) is 2.89. The fraction of sp³-hybridized carbons (Fsp3) is 0.190. The number of anilines is 1. The van der Waals surface area contributed by atoms with Crippen molar-refractivity contribution >= 4 is 17.5 Å². The molecule has 1 N–H and O–H groups in total. The molecule has 0 aliphatic carbocycles. The number of nitrogens with zero attached hydrogens (tertiary/aromatic N) is 3. The highest BCUT2D eigenvalue weighted by molar-refractivity contribution is 5.98. The lowest BCUT2D eigenvalue weighted by Gasteiger charge is -2.20. The average Bonchev–Trinajstić information content (AvgIpc) is 3.21. The standard InChI is InChI=1S/C21H18F4N4O2/c1-2-28(13-19(30)26-17-9-4-3-8-16(17)21(23,24)25)20(31)18-10-11-29(27-18)15-7-5-6-14(22)12-15/h3-12H,2,13H2,1H3,(H,26,30). The quantitative estimate of drug-likeness (QED) is 0.594. The Kier molecular flexibility index (Phi) is 6.38. The molecule has 1 heterocycles. The predicted molar refractivity (Wildman–Crippen MR) is 105 cm³/mol. The molecule has 1 aromatic heterocycles. The van der Waals surface area contributed by atoms with Crippen molar-refractivity contribution in [2.24, 2.45) is 0 Å². The molecule has 0 aliphatic rings. The topological polar surface area (TPSA) is 67.2 Å². The normalized spacial score (nSPS) is 11.3. The van der Waals surface area contributed by atoms with E-state index in [9.17, 15) is 27.2 Å². The zero-order chi connectivity index (χ0) is 22.6. The first-order valence-corrected chi connectivity index (χ1v) is 9.26. The molecule has 0 spiro atoms. The van der Waals surface area contributed by atoms with Gasteiger partial charge in [-0.15, -0.1) is 0 Å². The van der Waals surface area contributed by atoms with E-state index < -0.39 is 35.9 Å². The van der Waals surface area contributed by atoms with Gasteiger partial charge in [-0.2, -0.15) is 18.3 Å². The molecule has 0 fully saturated rings. The number of likely N-dealkylation sites (N-methyl/N-ethyl adjacent to an activating group) is 1. The zero-order valence-electron chi connectivity index (χ0n) is 16.4. The molecule has 0 saturated heterocycles. The van der Waals surface area contributed by atoms with E-state index >= 15 is 0 Å². The van der Waals surface area contributed by atoms with Crippen LogP contribution in [0.2, 0.25) is 0 Å². The highest BCUT2D eigenvalue weighted by Crippen LogP contribution is 2.34. The van der Waals surface area contributed by atoms with Crippen molar-refractivity contribution in [2.75, 3.05) is 18.4 Å². The second-order valence-corrected chi connectivity index (χ2v) is 6.54. The Morgan fingerprint density at radius 1 is 1.10 bits per heavy atom. The molecule has 3 rings (SSSR count). The predicted octanol–water partition coefficient (Wildman–Crippen LogP) is 4.13. The molecule has 31 heavy (non-hydrogen) atoms. The van der Waals surface area contributed by atoms with Crippen molar-refractivity contribution in [1.29, 1.82) is 0 Å². The maximum absolute atomic E-state index is 13.4. The summed E-state index contributed by atoms with van der Waals surface area (Å²) >= 11 is 0. The van der Waals surface area contributed by atoms with Gasteiger partial charge in [0.15, 0.2) is 5.69 Å². The Morgan fingerprint density at radius 3 is 2.52 bits per heavy atom. The minimum absolute atomic E-state index is 0.00889. The Balaban J connectivity index is 1.72. The summed E-state index contributed by atoms with van der Waals surface area (Å²) in [6.45, 7) is 1.28. The summed E-state index contributed by atoms with van der Waals surface area (Å²) in [7, 11) is 0. The number of benzene rings is 2. The Bertz CT molecular complexity index is 1090. The Hall–Kier alpha value is -3.69. The fourth-order valence-electron chi connectivity index (χ4n) is 2.89. The minimum Gasteiger partial charge on any atom is -0.328 e. The SMILES string of the molecule is CCN(CC(=O)Nc1ccccc1C(F)(F)F)C(=O)c1ccn(-c2cccc(F)c2)n1. The monoisotopic (exact) mass is 434 g/mol. The summed E-state index contributed by atoms with van der Waals surface area (Å²) in [5.74, 6) is -1.83. The van der Waals surface area contributed by atoms with Crippen LogP contribution in [0, 0.1) is 5.82 Å².